The molecule has 4 heterocycles. The van der Waals surface area contributed by atoms with E-state index in [9.17, 15) is 0 Å². The SMILES string of the molecule is c1ccc(-n2c3ccccc3c3ccc(Oc4ccc5c6ccccc6p(-c6ccccn6)c5c4)cc32)nc1. The fraction of sp³-hybridized carbons (Fsp3) is 0. The van der Waals surface area contributed by atoms with Gasteiger partial charge in [-0.15, -0.1) is 0 Å². The average molecular weight is 520 g/mol. The molecule has 0 spiro atoms. The highest BCUT2D eigenvalue weighted by molar-refractivity contribution is 7.67. The molecule has 0 radical (unpaired) electrons. The second kappa shape index (κ2) is 8.83. The van der Waals surface area contributed by atoms with Gasteiger partial charge in [-0.2, -0.15) is 0 Å². The molecule has 5 heteroatoms. The van der Waals surface area contributed by atoms with E-state index in [0.717, 1.165) is 33.8 Å². The fourth-order valence-electron chi connectivity index (χ4n) is 5.63. The molecule has 4 aromatic heterocycles. The molecule has 184 valence electrons. The van der Waals surface area contributed by atoms with Gasteiger partial charge in [0.2, 0.25) is 0 Å². The smallest absolute Gasteiger partial charge is 0.137 e. The summed E-state index contributed by atoms with van der Waals surface area (Å²) < 4.78 is 8.74. The molecule has 39 heavy (non-hydrogen) atoms. The van der Waals surface area contributed by atoms with Gasteiger partial charge in [-0.25, -0.2) is 4.98 Å². The van der Waals surface area contributed by atoms with E-state index < -0.39 is 7.53 Å². The molecule has 1 atom stereocenters. The van der Waals surface area contributed by atoms with E-state index in [4.69, 9.17) is 9.72 Å². The number of ether oxygens (including phenoxy) is 1. The third-order valence-corrected chi connectivity index (χ3v) is 9.73. The van der Waals surface area contributed by atoms with Crippen molar-refractivity contribution in [1.82, 2.24) is 14.5 Å². The number of pyridine rings is 2. The molecule has 1 unspecified atom stereocenters. The third-order valence-electron chi connectivity index (χ3n) is 7.28. The normalized spacial score (nSPS) is 12.1. The van der Waals surface area contributed by atoms with Gasteiger partial charge in [0, 0.05) is 39.5 Å². The molecule has 4 aromatic carbocycles. The zero-order chi connectivity index (χ0) is 25.8. The van der Waals surface area contributed by atoms with Crippen LogP contribution >= 0.6 is 7.53 Å². The minimum Gasteiger partial charge on any atom is -0.457 e. The molecule has 4 nitrogen and oxygen atoms in total. The van der Waals surface area contributed by atoms with Crippen LogP contribution in [-0.4, -0.2) is 14.5 Å². The number of hydrogen-bond acceptors (Lipinski definition) is 3. The minimum atomic E-state index is -0.744. The first kappa shape index (κ1) is 22.1. The second-order valence-corrected chi connectivity index (χ2v) is 11.6. The Morgan fingerprint density at radius 1 is 0.513 bits per heavy atom. The van der Waals surface area contributed by atoms with Crippen molar-refractivity contribution in [1.29, 1.82) is 0 Å². The Morgan fingerprint density at radius 3 is 2.00 bits per heavy atom. The van der Waals surface area contributed by atoms with Crippen LogP contribution in [0.15, 0.2) is 134 Å². The average Bonchev–Trinajstić information content (AvgIpc) is 3.50. The lowest BCUT2D eigenvalue weighted by Crippen LogP contribution is -1.96. The maximum atomic E-state index is 6.54. The van der Waals surface area contributed by atoms with Gasteiger partial charge in [0.05, 0.1) is 16.5 Å². The molecule has 8 aromatic rings. The number of fused-ring (bicyclic) bond motifs is 6. The van der Waals surface area contributed by atoms with Gasteiger partial charge in [-0.3, -0.25) is 9.55 Å². The summed E-state index contributed by atoms with van der Waals surface area (Å²) >= 11 is 0. The minimum absolute atomic E-state index is 0.744. The Balaban J connectivity index is 1.29. The van der Waals surface area contributed by atoms with Crippen molar-refractivity contribution in [3.63, 3.8) is 0 Å². The van der Waals surface area contributed by atoms with Crippen molar-refractivity contribution in [3.05, 3.63) is 134 Å². The molecule has 0 aliphatic rings. The van der Waals surface area contributed by atoms with Crippen LogP contribution in [0.4, 0.5) is 0 Å². The van der Waals surface area contributed by atoms with Crippen LogP contribution in [0.3, 0.4) is 0 Å². The van der Waals surface area contributed by atoms with E-state index in [-0.39, 0.29) is 0 Å². The number of aromatic nitrogens is 3. The highest BCUT2D eigenvalue weighted by atomic mass is 31.1. The summed E-state index contributed by atoms with van der Waals surface area (Å²) in [4.78, 5) is 9.39. The Morgan fingerprint density at radius 2 is 1.18 bits per heavy atom. The third kappa shape index (κ3) is 3.53. The predicted octanol–water partition coefficient (Wildman–Crippen LogP) is 9.65. The highest BCUT2D eigenvalue weighted by Gasteiger charge is 2.16. The Labute approximate surface area is 225 Å². The summed E-state index contributed by atoms with van der Waals surface area (Å²) in [5, 5.41) is 7.55. The zero-order valence-electron chi connectivity index (χ0n) is 20.9. The number of hydrogen-bond donors (Lipinski definition) is 0. The van der Waals surface area contributed by atoms with Crippen molar-refractivity contribution >= 4 is 50.3 Å². The second-order valence-electron chi connectivity index (χ2n) is 9.54. The molecule has 0 aliphatic carbocycles. The van der Waals surface area contributed by atoms with Crippen molar-refractivity contribution < 1.29 is 4.74 Å². The lowest BCUT2D eigenvalue weighted by molar-refractivity contribution is 0.484. The molecule has 0 amide bonds. The molecule has 0 fully saturated rings. The molecule has 0 N–H and O–H groups in total. The molecule has 0 aliphatic heterocycles. The maximum absolute atomic E-state index is 6.54. The Bertz CT molecular complexity index is 1990. The maximum Gasteiger partial charge on any atom is 0.137 e. The van der Waals surface area contributed by atoms with Crippen LogP contribution in [0.2, 0.25) is 0 Å². The van der Waals surface area contributed by atoms with E-state index >= 15 is 0 Å². The first-order valence-electron chi connectivity index (χ1n) is 12.9. The van der Waals surface area contributed by atoms with Crippen LogP contribution in [0.1, 0.15) is 0 Å². The van der Waals surface area contributed by atoms with Crippen molar-refractivity contribution in [3.8, 4) is 22.8 Å². The molecular weight excluding hydrogens is 497 g/mol. The highest BCUT2D eigenvalue weighted by Crippen LogP contribution is 2.55. The summed E-state index contributed by atoms with van der Waals surface area (Å²) in [6.45, 7) is 0. The standard InChI is InChI=1S/C34H22N3OP/c1-3-11-29-25(9-1)26-17-15-23(21-30(26)37(29)33-13-5-7-19-35-33)38-24-16-18-28-27-10-2-4-12-31(27)39(32(28)22-24)34-14-6-8-20-36-34/h1-22H. The Hall–Kier alpha value is -4.92. The summed E-state index contributed by atoms with van der Waals surface area (Å²) in [7, 11) is -0.744. The Kier molecular flexibility index (Phi) is 5.01. The van der Waals surface area contributed by atoms with Crippen LogP contribution < -0.4 is 4.74 Å². The van der Waals surface area contributed by atoms with Gasteiger partial charge < -0.3 is 4.74 Å². The van der Waals surface area contributed by atoms with Crippen LogP contribution in [0, 0.1) is 0 Å². The molecule has 0 saturated carbocycles. The quantitative estimate of drug-likeness (QED) is 0.232. The summed E-state index contributed by atoms with van der Waals surface area (Å²) in [5.41, 5.74) is 3.30. The van der Waals surface area contributed by atoms with E-state index in [1.807, 2.05) is 36.7 Å². The summed E-state index contributed by atoms with van der Waals surface area (Å²) in [5.74, 6) is 2.50. The number of rotatable bonds is 4. The van der Waals surface area contributed by atoms with Gasteiger partial charge >= 0.3 is 0 Å². The van der Waals surface area contributed by atoms with Crippen LogP contribution in [0.5, 0.6) is 11.5 Å². The van der Waals surface area contributed by atoms with Gasteiger partial charge in [-0.05, 0) is 77.5 Å². The van der Waals surface area contributed by atoms with Crippen molar-refractivity contribution in [2.75, 3.05) is 0 Å². The fourth-order valence-corrected chi connectivity index (χ4v) is 8.16. The topological polar surface area (TPSA) is 39.9 Å². The largest absolute Gasteiger partial charge is 0.457 e. The number of para-hydroxylation sites is 1. The summed E-state index contributed by atoms with van der Waals surface area (Å²) in [6.07, 6.45) is 3.72. The van der Waals surface area contributed by atoms with Crippen LogP contribution in [-0.2, 0) is 0 Å². The van der Waals surface area contributed by atoms with Gasteiger partial charge in [0.15, 0.2) is 0 Å². The van der Waals surface area contributed by atoms with Crippen molar-refractivity contribution in [2.45, 2.75) is 0 Å². The molecule has 0 bridgehead atoms. The van der Waals surface area contributed by atoms with Gasteiger partial charge in [0.25, 0.3) is 0 Å². The van der Waals surface area contributed by atoms with Crippen molar-refractivity contribution in [2.24, 2.45) is 0 Å². The van der Waals surface area contributed by atoms with Gasteiger partial charge in [-0.1, -0.05) is 56.1 Å². The predicted molar refractivity (Wildman–Crippen MR) is 162 cm³/mol. The molecule has 0 saturated heterocycles. The van der Waals surface area contributed by atoms with Gasteiger partial charge in [0.1, 0.15) is 17.3 Å². The zero-order valence-corrected chi connectivity index (χ0v) is 21.8. The molecule has 8 rings (SSSR count). The monoisotopic (exact) mass is 519 g/mol. The lowest BCUT2D eigenvalue weighted by Gasteiger charge is -2.09. The van der Waals surface area contributed by atoms with E-state index in [0.29, 0.717) is 0 Å². The van der Waals surface area contributed by atoms with E-state index in [1.54, 1.807) is 0 Å². The number of benzene rings is 4. The van der Waals surface area contributed by atoms with E-state index in [1.165, 1.54) is 31.8 Å². The first-order valence-corrected chi connectivity index (χ1v) is 14.3. The number of nitrogens with zero attached hydrogens (tertiary/aromatic N) is 3. The van der Waals surface area contributed by atoms with Crippen LogP contribution in [0.25, 0.3) is 54.1 Å². The lowest BCUT2D eigenvalue weighted by atomic mass is 10.1. The molecular formula is C34H22N3OP. The summed E-state index contributed by atoms with van der Waals surface area (Å²) in [6, 6.07) is 42.1. The van der Waals surface area contributed by atoms with E-state index in [2.05, 4.69) is 107 Å². The first-order chi connectivity index (χ1) is 19.3.